The molecular weight excluding hydrogens is 382 g/mol. The van der Waals surface area contributed by atoms with Gasteiger partial charge in [0.1, 0.15) is 0 Å². The second kappa shape index (κ2) is 7.40. The van der Waals surface area contributed by atoms with Gasteiger partial charge >= 0.3 is 0 Å². The number of benzene rings is 1. The maximum absolute atomic E-state index is 14.0. The number of aryl methyl sites for hydroxylation is 1. The Labute approximate surface area is 166 Å². The van der Waals surface area contributed by atoms with E-state index in [4.69, 9.17) is 0 Å². The molecule has 0 saturated carbocycles. The summed E-state index contributed by atoms with van der Waals surface area (Å²) in [6.45, 7) is 7.99. The van der Waals surface area contributed by atoms with Crippen LogP contribution in [0.15, 0.2) is 18.2 Å². The number of halogens is 2. The Morgan fingerprint density at radius 2 is 1.93 bits per heavy atom. The van der Waals surface area contributed by atoms with Crippen LogP contribution in [0.3, 0.4) is 0 Å². The van der Waals surface area contributed by atoms with Crippen molar-refractivity contribution in [2.24, 2.45) is 11.8 Å². The van der Waals surface area contributed by atoms with Crippen LogP contribution in [0, 0.1) is 23.5 Å². The molecule has 1 aromatic carbocycles. The predicted molar refractivity (Wildman–Crippen MR) is 105 cm³/mol. The molecule has 0 aliphatic carbocycles. The van der Waals surface area contributed by atoms with Crippen molar-refractivity contribution >= 4 is 16.3 Å². The van der Waals surface area contributed by atoms with E-state index in [9.17, 15) is 13.9 Å². The molecule has 1 N–H and O–H groups in total. The topological polar surface area (TPSA) is 53.7 Å². The number of aromatic nitrogens is 3. The van der Waals surface area contributed by atoms with Crippen LogP contribution in [-0.4, -0.2) is 37.7 Å². The lowest BCUT2D eigenvalue weighted by atomic mass is 9.89. The van der Waals surface area contributed by atoms with E-state index >= 15 is 0 Å². The lowest BCUT2D eigenvalue weighted by molar-refractivity contribution is 0.111. The van der Waals surface area contributed by atoms with Gasteiger partial charge in [-0.15, -0.1) is 5.10 Å². The van der Waals surface area contributed by atoms with Gasteiger partial charge in [0, 0.05) is 19.5 Å². The maximum atomic E-state index is 14.0. The molecular formula is C20H24F2N4OS. The molecule has 2 aromatic heterocycles. The SMILES string of the molecule is CCc1nc2sc([C@@H](c3ccc(F)c(F)c3)N3C[C@@H](C)C[C@H](C)C3)c(O)n2n1. The van der Waals surface area contributed by atoms with Crippen LogP contribution in [0.1, 0.15) is 49.5 Å². The van der Waals surface area contributed by atoms with Gasteiger partial charge in [-0.05, 0) is 36.0 Å². The van der Waals surface area contributed by atoms with Gasteiger partial charge < -0.3 is 5.11 Å². The highest BCUT2D eigenvalue weighted by atomic mass is 32.1. The summed E-state index contributed by atoms with van der Waals surface area (Å²) in [7, 11) is 0. The molecule has 3 aromatic rings. The highest BCUT2D eigenvalue weighted by Crippen LogP contribution is 2.42. The number of thiazole rings is 1. The lowest BCUT2D eigenvalue weighted by Gasteiger charge is -2.40. The summed E-state index contributed by atoms with van der Waals surface area (Å²) in [5, 5.41) is 15.2. The summed E-state index contributed by atoms with van der Waals surface area (Å²) < 4.78 is 29.0. The molecule has 0 radical (unpaired) electrons. The number of aromatic hydroxyl groups is 1. The molecule has 1 aliphatic heterocycles. The quantitative estimate of drug-likeness (QED) is 0.698. The number of likely N-dealkylation sites (tertiary alicyclic amines) is 1. The third kappa shape index (κ3) is 3.39. The van der Waals surface area contributed by atoms with Gasteiger partial charge in [0.15, 0.2) is 17.5 Å². The van der Waals surface area contributed by atoms with Crippen molar-refractivity contribution in [3.05, 3.63) is 46.1 Å². The minimum Gasteiger partial charge on any atom is -0.492 e. The van der Waals surface area contributed by atoms with Gasteiger partial charge in [-0.3, -0.25) is 4.90 Å². The first-order valence-electron chi connectivity index (χ1n) is 9.63. The van der Waals surface area contributed by atoms with E-state index in [1.807, 2.05) is 6.92 Å². The molecule has 0 bridgehead atoms. The Morgan fingerprint density at radius 1 is 1.21 bits per heavy atom. The zero-order chi connectivity index (χ0) is 20.0. The third-order valence-electron chi connectivity index (χ3n) is 5.33. The molecule has 3 atom stereocenters. The van der Waals surface area contributed by atoms with E-state index in [1.54, 1.807) is 6.07 Å². The molecule has 1 aliphatic rings. The molecule has 0 amide bonds. The molecule has 1 saturated heterocycles. The second-order valence-electron chi connectivity index (χ2n) is 7.84. The van der Waals surface area contributed by atoms with Crippen LogP contribution in [0.5, 0.6) is 5.88 Å². The van der Waals surface area contributed by atoms with Crippen LogP contribution in [-0.2, 0) is 6.42 Å². The van der Waals surface area contributed by atoms with Crippen LogP contribution < -0.4 is 0 Å². The smallest absolute Gasteiger partial charge is 0.230 e. The third-order valence-corrected chi connectivity index (χ3v) is 6.40. The Bertz CT molecular complexity index is 992. The summed E-state index contributed by atoms with van der Waals surface area (Å²) in [5.41, 5.74) is 0.621. The largest absolute Gasteiger partial charge is 0.492 e. The van der Waals surface area contributed by atoms with Crippen molar-refractivity contribution in [2.45, 2.75) is 39.7 Å². The molecule has 1 fully saturated rings. The van der Waals surface area contributed by atoms with E-state index in [-0.39, 0.29) is 11.9 Å². The van der Waals surface area contributed by atoms with E-state index in [1.165, 1.54) is 21.9 Å². The van der Waals surface area contributed by atoms with E-state index < -0.39 is 11.6 Å². The number of piperidine rings is 1. The van der Waals surface area contributed by atoms with Gasteiger partial charge in [0.05, 0.1) is 10.9 Å². The van der Waals surface area contributed by atoms with Gasteiger partial charge in [-0.1, -0.05) is 38.2 Å². The number of hydrogen-bond acceptors (Lipinski definition) is 5. The molecule has 8 heteroatoms. The fourth-order valence-corrected chi connectivity index (χ4v) is 5.39. The van der Waals surface area contributed by atoms with Gasteiger partial charge in [-0.2, -0.15) is 4.52 Å². The average Bonchev–Trinajstić information content (AvgIpc) is 3.17. The molecule has 3 heterocycles. The van der Waals surface area contributed by atoms with E-state index in [2.05, 4.69) is 28.8 Å². The van der Waals surface area contributed by atoms with Crippen LogP contribution in [0.25, 0.3) is 4.96 Å². The molecule has 150 valence electrons. The summed E-state index contributed by atoms with van der Waals surface area (Å²) in [4.78, 5) is 7.96. The lowest BCUT2D eigenvalue weighted by Crippen LogP contribution is -2.41. The number of fused-ring (bicyclic) bond motifs is 1. The number of rotatable bonds is 4. The Kier molecular flexibility index (Phi) is 5.09. The van der Waals surface area contributed by atoms with Crippen molar-refractivity contribution in [1.29, 1.82) is 0 Å². The zero-order valence-corrected chi connectivity index (χ0v) is 17.0. The minimum atomic E-state index is -0.882. The molecule has 28 heavy (non-hydrogen) atoms. The summed E-state index contributed by atoms with van der Waals surface area (Å²) in [5.74, 6) is -0.110. The van der Waals surface area contributed by atoms with Crippen LogP contribution >= 0.6 is 11.3 Å². The Morgan fingerprint density at radius 3 is 2.54 bits per heavy atom. The second-order valence-corrected chi connectivity index (χ2v) is 8.85. The minimum absolute atomic E-state index is 0.0211. The fraction of sp³-hybridized carbons (Fsp3) is 0.500. The van der Waals surface area contributed by atoms with Gasteiger partial charge in [0.2, 0.25) is 10.8 Å². The van der Waals surface area contributed by atoms with E-state index in [0.29, 0.717) is 39.5 Å². The highest BCUT2D eigenvalue weighted by molar-refractivity contribution is 7.17. The molecule has 5 nitrogen and oxygen atoms in total. The van der Waals surface area contributed by atoms with Crippen LogP contribution in [0.2, 0.25) is 0 Å². The van der Waals surface area contributed by atoms with Crippen molar-refractivity contribution in [3.63, 3.8) is 0 Å². The van der Waals surface area contributed by atoms with Crippen molar-refractivity contribution in [3.8, 4) is 5.88 Å². The van der Waals surface area contributed by atoms with Crippen molar-refractivity contribution in [1.82, 2.24) is 19.5 Å². The first-order valence-corrected chi connectivity index (χ1v) is 10.4. The summed E-state index contributed by atoms with van der Waals surface area (Å²) >= 11 is 1.35. The van der Waals surface area contributed by atoms with Crippen molar-refractivity contribution < 1.29 is 13.9 Å². The highest BCUT2D eigenvalue weighted by Gasteiger charge is 2.34. The Balaban J connectivity index is 1.83. The monoisotopic (exact) mass is 406 g/mol. The summed E-state index contributed by atoms with van der Waals surface area (Å²) in [6.07, 6.45) is 1.80. The molecule has 0 unspecified atom stereocenters. The van der Waals surface area contributed by atoms with Gasteiger partial charge in [0.25, 0.3) is 0 Å². The average molecular weight is 407 g/mol. The number of nitrogens with zero attached hydrogens (tertiary/aromatic N) is 4. The standard InChI is InChI=1S/C20H24F2N4OS/c1-4-16-23-20-26(24-16)19(27)18(28-20)17(13-5-6-14(21)15(22)8-13)25-9-11(2)7-12(3)10-25/h5-6,8,11-12,17,27H,4,7,9-10H2,1-3H3/t11-,12-,17+/m0/s1. The zero-order valence-electron chi connectivity index (χ0n) is 16.2. The number of hydrogen-bond donors (Lipinski definition) is 1. The van der Waals surface area contributed by atoms with Crippen LogP contribution in [0.4, 0.5) is 8.78 Å². The summed E-state index contributed by atoms with van der Waals surface area (Å²) in [6, 6.07) is 3.60. The van der Waals surface area contributed by atoms with E-state index in [0.717, 1.165) is 25.6 Å². The first-order chi connectivity index (χ1) is 13.4. The maximum Gasteiger partial charge on any atom is 0.230 e. The first kappa shape index (κ1) is 19.3. The Hall–Kier alpha value is -2.06. The predicted octanol–water partition coefficient (Wildman–Crippen LogP) is 4.40. The molecule has 0 spiro atoms. The van der Waals surface area contributed by atoms with Gasteiger partial charge in [-0.25, -0.2) is 13.8 Å². The normalized spacial score (nSPS) is 22.0. The van der Waals surface area contributed by atoms with Crippen molar-refractivity contribution in [2.75, 3.05) is 13.1 Å². The molecule has 4 rings (SSSR count). The fourth-order valence-electron chi connectivity index (χ4n) is 4.25.